The van der Waals surface area contributed by atoms with Gasteiger partial charge in [0.05, 0.1) is 17.9 Å². The number of esters is 1. The number of ether oxygens (including phenoxy) is 2. The van der Waals surface area contributed by atoms with Crippen molar-refractivity contribution >= 4 is 35.2 Å². The van der Waals surface area contributed by atoms with Crippen molar-refractivity contribution in [2.75, 3.05) is 37.9 Å². The zero-order valence-electron chi connectivity index (χ0n) is 16.4. The molecule has 2 amide bonds. The van der Waals surface area contributed by atoms with Crippen LogP contribution >= 0.6 is 11.8 Å². The summed E-state index contributed by atoms with van der Waals surface area (Å²) in [5.74, 6) is -1.05. The Morgan fingerprint density at radius 1 is 1.03 bits per heavy atom. The van der Waals surface area contributed by atoms with Gasteiger partial charge < -0.3 is 20.1 Å². The van der Waals surface area contributed by atoms with Gasteiger partial charge in [0.2, 0.25) is 5.91 Å². The summed E-state index contributed by atoms with van der Waals surface area (Å²) in [7, 11) is 1.56. The lowest BCUT2D eigenvalue weighted by molar-refractivity contribution is -0.119. The fraction of sp³-hybridized carbons (Fsp3) is 0.286. The number of hydrogen-bond donors (Lipinski definition) is 2. The van der Waals surface area contributed by atoms with E-state index in [1.165, 1.54) is 11.8 Å². The van der Waals surface area contributed by atoms with Gasteiger partial charge in [0.15, 0.2) is 6.61 Å². The molecule has 0 heterocycles. The molecule has 0 bridgehead atoms. The smallest absolute Gasteiger partial charge is 0.339 e. The second kappa shape index (κ2) is 11.9. The molecule has 29 heavy (non-hydrogen) atoms. The molecular weight excluding hydrogens is 392 g/mol. The Morgan fingerprint density at radius 3 is 2.59 bits per heavy atom. The maximum absolute atomic E-state index is 12.4. The average Bonchev–Trinajstić information content (AvgIpc) is 2.71. The van der Waals surface area contributed by atoms with Gasteiger partial charge in [0.25, 0.3) is 5.91 Å². The van der Waals surface area contributed by atoms with Gasteiger partial charge in [-0.05, 0) is 36.8 Å². The van der Waals surface area contributed by atoms with Crippen molar-refractivity contribution in [3.8, 4) is 0 Å². The van der Waals surface area contributed by atoms with E-state index in [0.717, 1.165) is 5.56 Å². The van der Waals surface area contributed by atoms with Gasteiger partial charge in [-0.25, -0.2) is 4.79 Å². The highest BCUT2D eigenvalue weighted by molar-refractivity contribution is 8.00. The van der Waals surface area contributed by atoms with E-state index in [2.05, 4.69) is 10.6 Å². The van der Waals surface area contributed by atoms with Crippen LogP contribution in [0.15, 0.2) is 53.4 Å². The summed E-state index contributed by atoms with van der Waals surface area (Å²) >= 11 is 1.23. The Kier molecular flexibility index (Phi) is 9.20. The SMILES string of the molecule is COCCNC(=O)CSc1ccccc1C(=O)OCC(=O)Nc1cccc(C)c1. The number of anilines is 1. The molecule has 0 unspecified atom stereocenters. The van der Waals surface area contributed by atoms with E-state index in [4.69, 9.17) is 9.47 Å². The van der Waals surface area contributed by atoms with Crippen LogP contribution in [0.5, 0.6) is 0 Å². The fourth-order valence-corrected chi connectivity index (χ4v) is 3.25. The lowest BCUT2D eigenvalue weighted by atomic mass is 10.2. The zero-order valence-corrected chi connectivity index (χ0v) is 17.2. The Hall–Kier alpha value is -2.84. The van der Waals surface area contributed by atoms with Crippen LogP contribution in [0.2, 0.25) is 0 Å². The number of amides is 2. The van der Waals surface area contributed by atoms with Crippen LogP contribution in [0.4, 0.5) is 5.69 Å². The summed E-state index contributed by atoms with van der Waals surface area (Å²) < 4.78 is 10.0. The molecule has 2 N–H and O–H groups in total. The van der Waals surface area contributed by atoms with Gasteiger partial charge in [-0.1, -0.05) is 24.3 Å². The molecule has 0 aliphatic rings. The van der Waals surface area contributed by atoms with Gasteiger partial charge in [0.1, 0.15) is 0 Å². The van der Waals surface area contributed by atoms with Crippen LogP contribution in [-0.2, 0) is 19.1 Å². The maximum atomic E-state index is 12.4. The first-order valence-corrected chi connectivity index (χ1v) is 9.99. The zero-order chi connectivity index (χ0) is 21.1. The first kappa shape index (κ1) is 22.4. The number of aryl methyl sites for hydroxylation is 1. The molecule has 2 rings (SSSR count). The number of methoxy groups -OCH3 is 1. The molecule has 0 aromatic heterocycles. The molecule has 0 atom stereocenters. The monoisotopic (exact) mass is 416 g/mol. The quantitative estimate of drug-likeness (QED) is 0.351. The fourth-order valence-electron chi connectivity index (χ4n) is 2.38. The van der Waals surface area contributed by atoms with Gasteiger partial charge in [-0.2, -0.15) is 0 Å². The third kappa shape index (κ3) is 7.97. The van der Waals surface area contributed by atoms with E-state index in [1.807, 2.05) is 25.1 Å². The molecule has 0 fully saturated rings. The van der Waals surface area contributed by atoms with E-state index in [9.17, 15) is 14.4 Å². The van der Waals surface area contributed by atoms with Crippen molar-refractivity contribution in [2.45, 2.75) is 11.8 Å². The van der Waals surface area contributed by atoms with Gasteiger partial charge in [0, 0.05) is 24.2 Å². The van der Waals surface area contributed by atoms with Crippen LogP contribution in [0.3, 0.4) is 0 Å². The molecule has 2 aromatic rings. The summed E-state index contributed by atoms with van der Waals surface area (Å²) in [5.41, 5.74) is 1.96. The molecule has 0 radical (unpaired) electrons. The molecule has 2 aromatic carbocycles. The van der Waals surface area contributed by atoms with Crippen LogP contribution in [0.1, 0.15) is 15.9 Å². The van der Waals surface area contributed by atoms with Crippen molar-refractivity contribution in [1.29, 1.82) is 0 Å². The normalized spacial score (nSPS) is 10.3. The summed E-state index contributed by atoms with van der Waals surface area (Å²) in [6, 6.07) is 14.1. The molecule has 8 heteroatoms. The molecule has 0 spiro atoms. The Bertz CT molecular complexity index is 856. The second-order valence-electron chi connectivity index (χ2n) is 6.12. The van der Waals surface area contributed by atoms with E-state index in [-0.39, 0.29) is 11.7 Å². The van der Waals surface area contributed by atoms with E-state index >= 15 is 0 Å². The molecule has 0 aliphatic heterocycles. The molecule has 0 saturated heterocycles. The summed E-state index contributed by atoms with van der Waals surface area (Å²) in [6.45, 7) is 2.38. The second-order valence-corrected chi connectivity index (χ2v) is 7.14. The largest absolute Gasteiger partial charge is 0.452 e. The van der Waals surface area contributed by atoms with E-state index in [1.54, 1.807) is 37.4 Å². The van der Waals surface area contributed by atoms with Crippen molar-refractivity contribution in [2.24, 2.45) is 0 Å². The van der Waals surface area contributed by atoms with Gasteiger partial charge in [-0.15, -0.1) is 11.8 Å². The third-order valence-electron chi connectivity index (χ3n) is 3.73. The van der Waals surface area contributed by atoms with Gasteiger partial charge in [-0.3, -0.25) is 9.59 Å². The molecule has 0 aliphatic carbocycles. The van der Waals surface area contributed by atoms with Crippen LogP contribution < -0.4 is 10.6 Å². The number of carbonyl (C=O) groups is 3. The molecular formula is C21H24N2O5S. The lowest BCUT2D eigenvalue weighted by Crippen LogP contribution is -2.28. The number of carbonyl (C=O) groups excluding carboxylic acids is 3. The standard InChI is InChI=1S/C21H24N2O5S/c1-15-6-5-7-16(12-15)23-19(24)13-28-21(26)17-8-3-4-9-18(17)29-14-20(25)22-10-11-27-2/h3-9,12H,10-11,13-14H2,1-2H3,(H,22,25)(H,23,24). The highest BCUT2D eigenvalue weighted by Crippen LogP contribution is 2.23. The van der Waals surface area contributed by atoms with Crippen LogP contribution in [0, 0.1) is 6.92 Å². The molecule has 154 valence electrons. The number of nitrogens with one attached hydrogen (secondary N) is 2. The summed E-state index contributed by atoms with van der Waals surface area (Å²) in [4.78, 5) is 36.9. The highest BCUT2D eigenvalue weighted by atomic mass is 32.2. The lowest BCUT2D eigenvalue weighted by Gasteiger charge is -2.10. The predicted molar refractivity (Wildman–Crippen MR) is 112 cm³/mol. The van der Waals surface area contributed by atoms with Crippen LogP contribution in [0.25, 0.3) is 0 Å². The van der Waals surface area contributed by atoms with Gasteiger partial charge >= 0.3 is 5.97 Å². The molecule has 0 saturated carbocycles. The Morgan fingerprint density at radius 2 is 1.83 bits per heavy atom. The van der Waals surface area contributed by atoms with Crippen molar-refractivity contribution in [3.05, 3.63) is 59.7 Å². The number of thioether (sulfide) groups is 1. The van der Waals surface area contributed by atoms with Crippen molar-refractivity contribution in [3.63, 3.8) is 0 Å². The summed E-state index contributed by atoms with van der Waals surface area (Å²) in [5, 5.41) is 5.40. The average molecular weight is 416 g/mol. The minimum absolute atomic E-state index is 0.155. The first-order chi connectivity index (χ1) is 14.0. The van der Waals surface area contributed by atoms with Crippen LogP contribution in [-0.4, -0.2) is 50.4 Å². The Labute approximate surface area is 174 Å². The Balaban J connectivity index is 1.87. The minimum Gasteiger partial charge on any atom is -0.452 e. The first-order valence-electron chi connectivity index (χ1n) is 9.00. The van der Waals surface area contributed by atoms with E-state index < -0.39 is 18.5 Å². The topological polar surface area (TPSA) is 93.7 Å². The predicted octanol–water partition coefficient (Wildman–Crippen LogP) is 2.65. The maximum Gasteiger partial charge on any atom is 0.339 e. The number of rotatable bonds is 10. The number of hydrogen-bond acceptors (Lipinski definition) is 6. The summed E-state index contributed by atoms with van der Waals surface area (Å²) in [6.07, 6.45) is 0. The van der Waals surface area contributed by atoms with Crippen molar-refractivity contribution in [1.82, 2.24) is 5.32 Å². The third-order valence-corrected chi connectivity index (χ3v) is 4.80. The van der Waals surface area contributed by atoms with E-state index in [0.29, 0.717) is 29.3 Å². The number of benzene rings is 2. The minimum atomic E-state index is -0.618. The molecule has 7 nitrogen and oxygen atoms in total. The highest BCUT2D eigenvalue weighted by Gasteiger charge is 2.15. The van der Waals surface area contributed by atoms with Crippen molar-refractivity contribution < 1.29 is 23.9 Å².